The summed E-state index contributed by atoms with van der Waals surface area (Å²) >= 11 is 0. The molecule has 0 atom stereocenters. The summed E-state index contributed by atoms with van der Waals surface area (Å²) < 4.78 is 13.3. The van der Waals surface area contributed by atoms with Crippen LogP contribution in [-0.4, -0.2) is 41.1 Å². The summed E-state index contributed by atoms with van der Waals surface area (Å²) in [6, 6.07) is 16.1. The Balaban J connectivity index is 1.61. The van der Waals surface area contributed by atoms with Crippen molar-refractivity contribution >= 4 is 22.9 Å². The van der Waals surface area contributed by atoms with Gasteiger partial charge in [-0.15, -0.1) is 0 Å². The molecule has 0 unspecified atom stereocenters. The highest BCUT2D eigenvalue weighted by atomic mass is 16.5. The van der Waals surface area contributed by atoms with Crippen LogP contribution in [0, 0.1) is 0 Å². The third-order valence-corrected chi connectivity index (χ3v) is 4.91. The maximum absolute atomic E-state index is 5.97. The molecule has 0 aliphatic carbocycles. The quantitative estimate of drug-likeness (QED) is 0.538. The lowest BCUT2D eigenvalue weighted by atomic mass is 10.2. The minimum absolute atomic E-state index is 0.702. The Labute approximate surface area is 162 Å². The van der Waals surface area contributed by atoms with E-state index >= 15 is 0 Å². The van der Waals surface area contributed by atoms with Gasteiger partial charge in [0.1, 0.15) is 11.3 Å². The predicted molar refractivity (Wildman–Crippen MR) is 110 cm³/mol. The molecule has 140 valence electrons. The minimum Gasteiger partial charge on any atom is -0.453 e. The molecule has 0 amide bonds. The van der Waals surface area contributed by atoms with Gasteiger partial charge in [0, 0.05) is 37.0 Å². The average molecular weight is 372 g/mol. The van der Waals surface area contributed by atoms with E-state index in [9.17, 15) is 0 Å². The van der Waals surface area contributed by atoms with Crippen molar-refractivity contribution in [1.82, 2.24) is 14.8 Å². The van der Waals surface area contributed by atoms with Crippen LogP contribution in [0.1, 0.15) is 5.76 Å². The number of rotatable bonds is 4. The predicted octanol–water partition coefficient (Wildman–Crippen LogP) is 4.16. The fourth-order valence-electron chi connectivity index (χ4n) is 3.48. The van der Waals surface area contributed by atoms with Crippen LogP contribution in [0.3, 0.4) is 0 Å². The maximum atomic E-state index is 5.97. The second-order valence-corrected chi connectivity index (χ2v) is 6.68. The Morgan fingerprint density at radius 1 is 1.04 bits per heavy atom. The molecule has 1 aliphatic rings. The normalized spacial score (nSPS) is 14.5. The van der Waals surface area contributed by atoms with Crippen LogP contribution in [0.25, 0.3) is 34.3 Å². The maximum Gasteiger partial charge on any atom is 0.176 e. The van der Waals surface area contributed by atoms with Gasteiger partial charge < -0.3 is 14.1 Å². The molecule has 5 rings (SSSR count). The number of morpholine rings is 1. The van der Waals surface area contributed by atoms with Gasteiger partial charge in [-0.25, -0.2) is 9.67 Å². The van der Waals surface area contributed by atoms with E-state index in [4.69, 9.17) is 19.2 Å². The minimum atomic E-state index is 0.702. The molecule has 1 aliphatic heterocycles. The van der Waals surface area contributed by atoms with Gasteiger partial charge in [0.15, 0.2) is 11.4 Å². The molecule has 3 aromatic heterocycles. The van der Waals surface area contributed by atoms with E-state index in [0.29, 0.717) is 19.0 Å². The number of fused-ring (bicyclic) bond motifs is 1. The van der Waals surface area contributed by atoms with E-state index in [2.05, 4.69) is 23.6 Å². The first kappa shape index (κ1) is 16.8. The van der Waals surface area contributed by atoms with E-state index < -0.39 is 0 Å². The van der Waals surface area contributed by atoms with Gasteiger partial charge >= 0.3 is 0 Å². The van der Waals surface area contributed by atoms with Crippen LogP contribution < -0.4 is 4.90 Å². The number of furan rings is 1. The van der Waals surface area contributed by atoms with Crippen molar-refractivity contribution in [2.75, 3.05) is 31.2 Å². The van der Waals surface area contributed by atoms with Crippen molar-refractivity contribution in [3.05, 3.63) is 67.1 Å². The largest absolute Gasteiger partial charge is 0.453 e. The fraction of sp³-hybridized carbons (Fsp3) is 0.182. The molecule has 0 saturated carbocycles. The van der Waals surface area contributed by atoms with Crippen LogP contribution in [0.4, 0.5) is 5.69 Å². The van der Waals surface area contributed by atoms with Gasteiger partial charge in [-0.1, -0.05) is 36.9 Å². The number of nitrogens with zero attached hydrogens (tertiary/aromatic N) is 4. The average Bonchev–Trinajstić information content (AvgIpc) is 3.41. The Kier molecular flexibility index (Phi) is 4.18. The molecule has 0 radical (unpaired) electrons. The lowest BCUT2D eigenvalue weighted by molar-refractivity contribution is 0.122. The topological polar surface area (TPSA) is 56.3 Å². The highest BCUT2D eigenvalue weighted by Crippen LogP contribution is 2.32. The van der Waals surface area contributed by atoms with Crippen molar-refractivity contribution < 1.29 is 9.15 Å². The summed E-state index contributed by atoms with van der Waals surface area (Å²) in [7, 11) is 0. The van der Waals surface area contributed by atoms with E-state index in [0.717, 1.165) is 47.0 Å². The van der Waals surface area contributed by atoms with Crippen LogP contribution in [-0.2, 0) is 4.74 Å². The number of ether oxygens (including phenoxy) is 1. The zero-order chi connectivity index (χ0) is 18.9. The highest BCUT2D eigenvalue weighted by molar-refractivity contribution is 5.89. The zero-order valence-electron chi connectivity index (χ0n) is 15.4. The zero-order valence-corrected chi connectivity index (χ0v) is 15.4. The molecule has 0 spiro atoms. The van der Waals surface area contributed by atoms with Crippen LogP contribution in [0.15, 0.2) is 65.7 Å². The standard InChI is InChI=1S/C22H20N4O2/c1-2-17-14-19-22(28-17)20(25-10-12-27-13-11-25)15-21(23-19)26-9-8-18(24-26)16-6-4-3-5-7-16/h2-9,14-15H,1,10-13H2. The Hall–Kier alpha value is -3.38. The summed E-state index contributed by atoms with van der Waals surface area (Å²) in [5, 5.41) is 4.73. The Morgan fingerprint density at radius 2 is 1.86 bits per heavy atom. The molecule has 4 heterocycles. The summed E-state index contributed by atoms with van der Waals surface area (Å²) in [6.07, 6.45) is 3.64. The van der Waals surface area contributed by atoms with Gasteiger partial charge in [0.2, 0.25) is 0 Å². The van der Waals surface area contributed by atoms with Crippen molar-refractivity contribution in [3.8, 4) is 17.1 Å². The van der Waals surface area contributed by atoms with Crippen LogP contribution >= 0.6 is 0 Å². The van der Waals surface area contributed by atoms with Crippen LogP contribution in [0.5, 0.6) is 0 Å². The molecule has 6 nitrogen and oxygen atoms in total. The van der Waals surface area contributed by atoms with Gasteiger partial charge in [0.05, 0.1) is 24.6 Å². The lowest BCUT2D eigenvalue weighted by Gasteiger charge is -2.28. The summed E-state index contributed by atoms with van der Waals surface area (Å²) in [4.78, 5) is 7.05. The third kappa shape index (κ3) is 2.97. The molecule has 1 saturated heterocycles. The molecule has 0 bridgehead atoms. The number of benzene rings is 1. The summed E-state index contributed by atoms with van der Waals surface area (Å²) in [5.74, 6) is 1.46. The molecule has 28 heavy (non-hydrogen) atoms. The van der Waals surface area contributed by atoms with Gasteiger partial charge in [-0.05, 0) is 12.1 Å². The molecule has 0 N–H and O–H groups in total. The first-order chi connectivity index (χ1) is 13.8. The van der Waals surface area contributed by atoms with Crippen molar-refractivity contribution in [3.63, 3.8) is 0 Å². The van der Waals surface area contributed by atoms with Gasteiger partial charge in [-0.2, -0.15) is 5.10 Å². The molecular formula is C22H20N4O2. The second-order valence-electron chi connectivity index (χ2n) is 6.68. The van der Waals surface area contributed by atoms with Crippen molar-refractivity contribution in [2.45, 2.75) is 0 Å². The molecule has 1 fully saturated rings. The highest BCUT2D eigenvalue weighted by Gasteiger charge is 2.20. The number of hydrogen-bond acceptors (Lipinski definition) is 5. The number of hydrogen-bond donors (Lipinski definition) is 0. The van der Waals surface area contributed by atoms with Crippen LogP contribution in [0.2, 0.25) is 0 Å². The van der Waals surface area contributed by atoms with E-state index in [1.807, 2.05) is 47.3 Å². The molecule has 1 aromatic carbocycles. The second kappa shape index (κ2) is 6.98. The molecule has 4 aromatic rings. The first-order valence-electron chi connectivity index (χ1n) is 9.33. The van der Waals surface area contributed by atoms with E-state index in [1.165, 1.54) is 0 Å². The number of aromatic nitrogens is 3. The molecule has 6 heteroatoms. The first-order valence-corrected chi connectivity index (χ1v) is 9.33. The van der Waals surface area contributed by atoms with Crippen molar-refractivity contribution in [1.29, 1.82) is 0 Å². The summed E-state index contributed by atoms with van der Waals surface area (Å²) in [6.45, 7) is 6.85. The Bertz CT molecular complexity index is 1120. The monoisotopic (exact) mass is 372 g/mol. The molecular weight excluding hydrogens is 352 g/mol. The lowest BCUT2D eigenvalue weighted by Crippen LogP contribution is -2.36. The number of pyridine rings is 1. The van der Waals surface area contributed by atoms with Gasteiger partial charge in [-0.3, -0.25) is 0 Å². The number of anilines is 1. The van der Waals surface area contributed by atoms with Crippen molar-refractivity contribution in [2.24, 2.45) is 0 Å². The summed E-state index contributed by atoms with van der Waals surface area (Å²) in [5.41, 5.74) is 4.57. The van der Waals surface area contributed by atoms with E-state index in [1.54, 1.807) is 6.08 Å². The van der Waals surface area contributed by atoms with E-state index in [-0.39, 0.29) is 0 Å². The third-order valence-electron chi connectivity index (χ3n) is 4.91. The fourth-order valence-corrected chi connectivity index (χ4v) is 3.48. The smallest absolute Gasteiger partial charge is 0.176 e. The van der Waals surface area contributed by atoms with Gasteiger partial charge in [0.25, 0.3) is 0 Å². The SMILES string of the molecule is C=Cc1cc2nc(-n3ccc(-c4ccccc4)n3)cc(N3CCOCC3)c2o1. The Morgan fingerprint density at radius 3 is 2.64 bits per heavy atom.